The molecule has 4 nitrogen and oxygen atoms in total. The van der Waals surface area contributed by atoms with E-state index in [1.807, 2.05) is 0 Å². The molecule has 2 rings (SSSR count). The van der Waals surface area contributed by atoms with Crippen LogP contribution in [0.5, 0.6) is 5.75 Å². The summed E-state index contributed by atoms with van der Waals surface area (Å²) in [7, 11) is 0. The fourth-order valence-electron chi connectivity index (χ4n) is 2.48. The van der Waals surface area contributed by atoms with Crippen molar-refractivity contribution < 1.29 is 9.47 Å². The maximum atomic E-state index is 5.75. The van der Waals surface area contributed by atoms with Crippen LogP contribution < -0.4 is 16.0 Å². The molecule has 5 heteroatoms. The summed E-state index contributed by atoms with van der Waals surface area (Å²) in [5.74, 6) is 6.70. The summed E-state index contributed by atoms with van der Waals surface area (Å²) in [4.78, 5) is 0. The second kappa shape index (κ2) is 7.98. The number of hydrogen-bond acceptors (Lipinski definition) is 4. The third kappa shape index (κ3) is 4.19. The van der Waals surface area contributed by atoms with Gasteiger partial charge < -0.3 is 9.47 Å². The molecule has 1 aromatic rings. The molecule has 0 bridgehead atoms. The van der Waals surface area contributed by atoms with Crippen LogP contribution in [0.15, 0.2) is 16.6 Å². The Kier molecular flexibility index (Phi) is 6.29. The van der Waals surface area contributed by atoms with E-state index in [1.54, 1.807) is 0 Å². The maximum Gasteiger partial charge on any atom is 0.125 e. The van der Waals surface area contributed by atoms with Gasteiger partial charge in [-0.05, 0) is 42.5 Å². The minimum Gasteiger partial charge on any atom is -0.493 e. The van der Waals surface area contributed by atoms with Gasteiger partial charge in [-0.2, -0.15) is 0 Å². The molecule has 1 aliphatic rings. The number of hydrogen-bond donors (Lipinski definition) is 2. The van der Waals surface area contributed by atoms with E-state index in [-0.39, 0.29) is 6.04 Å². The first kappa shape index (κ1) is 15.8. The highest BCUT2D eigenvalue weighted by Gasteiger charge is 2.19. The Morgan fingerprint density at radius 1 is 1.45 bits per heavy atom. The van der Waals surface area contributed by atoms with Gasteiger partial charge in [-0.1, -0.05) is 22.9 Å². The van der Waals surface area contributed by atoms with Crippen LogP contribution in [0.1, 0.15) is 30.9 Å². The minimum atomic E-state index is 0.203. The average molecular weight is 343 g/mol. The lowest BCUT2D eigenvalue weighted by Crippen LogP contribution is -2.37. The quantitative estimate of drug-likeness (QED) is 0.433. The van der Waals surface area contributed by atoms with Crippen LogP contribution in [0.4, 0.5) is 0 Å². The Bertz CT molecular complexity index is 440. The second-order valence-corrected chi connectivity index (χ2v) is 6.04. The summed E-state index contributed by atoms with van der Waals surface area (Å²) < 4.78 is 12.4. The Morgan fingerprint density at radius 2 is 2.30 bits per heavy atom. The van der Waals surface area contributed by atoms with Gasteiger partial charge >= 0.3 is 0 Å². The fourth-order valence-corrected chi connectivity index (χ4v) is 3.03. The summed E-state index contributed by atoms with van der Waals surface area (Å²) in [6, 6.07) is 4.47. The van der Waals surface area contributed by atoms with E-state index >= 15 is 0 Å². The molecule has 1 heterocycles. The Labute approximate surface area is 129 Å². The lowest BCUT2D eigenvalue weighted by molar-refractivity contribution is 0.124. The highest BCUT2D eigenvalue weighted by atomic mass is 79.9. The lowest BCUT2D eigenvalue weighted by atomic mass is 10.0. The standard InChI is InChI=1S/C15H23BrN2O2/c1-2-5-19-6-4-14(18-17)10-12-9-13(16)8-11-3-7-20-15(11)12/h8-9,14,18H,2-7,10,17H2,1H3. The van der Waals surface area contributed by atoms with Crippen LogP contribution in [0.25, 0.3) is 0 Å². The summed E-state index contributed by atoms with van der Waals surface area (Å²) in [6.45, 7) is 4.44. The normalized spacial score (nSPS) is 14.9. The van der Waals surface area contributed by atoms with Gasteiger partial charge in [0.2, 0.25) is 0 Å². The number of ether oxygens (including phenoxy) is 2. The van der Waals surface area contributed by atoms with Crippen molar-refractivity contribution in [2.75, 3.05) is 19.8 Å². The van der Waals surface area contributed by atoms with Crippen molar-refractivity contribution in [2.24, 2.45) is 5.84 Å². The number of fused-ring (bicyclic) bond motifs is 1. The molecule has 0 radical (unpaired) electrons. The third-order valence-electron chi connectivity index (χ3n) is 3.49. The summed E-state index contributed by atoms with van der Waals surface area (Å²) in [5, 5.41) is 0. The zero-order valence-corrected chi connectivity index (χ0v) is 13.5. The van der Waals surface area contributed by atoms with E-state index in [9.17, 15) is 0 Å². The first-order valence-corrected chi connectivity index (χ1v) is 8.01. The van der Waals surface area contributed by atoms with E-state index < -0.39 is 0 Å². The number of nitrogens with one attached hydrogen (secondary N) is 1. The van der Waals surface area contributed by atoms with Crippen LogP contribution >= 0.6 is 15.9 Å². The molecule has 3 N–H and O–H groups in total. The highest BCUT2D eigenvalue weighted by Crippen LogP contribution is 2.33. The zero-order valence-electron chi connectivity index (χ0n) is 12.0. The van der Waals surface area contributed by atoms with Gasteiger partial charge in [0.25, 0.3) is 0 Å². The Hall–Kier alpha value is -0.620. The smallest absolute Gasteiger partial charge is 0.125 e. The average Bonchev–Trinajstić information content (AvgIpc) is 2.90. The van der Waals surface area contributed by atoms with E-state index in [2.05, 4.69) is 40.4 Å². The van der Waals surface area contributed by atoms with E-state index in [4.69, 9.17) is 15.3 Å². The monoisotopic (exact) mass is 342 g/mol. The van der Waals surface area contributed by atoms with Crippen LogP contribution in [0, 0.1) is 0 Å². The van der Waals surface area contributed by atoms with Crippen LogP contribution in [0.2, 0.25) is 0 Å². The second-order valence-electron chi connectivity index (χ2n) is 5.12. The van der Waals surface area contributed by atoms with Gasteiger partial charge in [-0.25, -0.2) is 0 Å². The minimum absolute atomic E-state index is 0.203. The SMILES string of the molecule is CCCOCCC(Cc1cc(Br)cc2c1OCC2)NN. The number of halogens is 1. The fraction of sp³-hybridized carbons (Fsp3) is 0.600. The molecule has 0 aromatic heterocycles. The summed E-state index contributed by atoms with van der Waals surface area (Å²) in [6.07, 6.45) is 3.79. The number of benzene rings is 1. The van der Waals surface area contributed by atoms with Crippen LogP contribution in [-0.2, 0) is 17.6 Å². The first-order valence-electron chi connectivity index (χ1n) is 7.22. The first-order chi connectivity index (χ1) is 9.74. The molecule has 20 heavy (non-hydrogen) atoms. The van der Waals surface area contributed by atoms with Crippen molar-refractivity contribution in [3.63, 3.8) is 0 Å². The van der Waals surface area contributed by atoms with Crippen molar-refractivity contribution >= 4 is 15.9 Å². The molecular weight excluding hydrogens is 320 g/mol. The van der Waals surface area contributed by atoms with Gasteiger partial charge in [0.05, 0.1) is 6.61 Å². The summed E-state index contributed by atoms with van der Waals surface area (Å²) >= 11 is 3.57. The Balaban J connectivity index is 1.97. The van der Waals surface area contributed by atoms with Gasteiger partial charge in [-0.15, -0.1) is 0 Å². The van der Waals surface area contributed by atoms with Crippen molar-refractivity contribution in [3.05, 3.63) is 27.7 Å². The maximum absolute atomic E-state index is 5.75. The third-order valence-corrected chi connectivity index (χ3v) is 3.94. The van der Waals surface area contributed by atoms with Crippen molar-refractivity contribution in [2.45, 2.75) is 38.6 Å². The predicted molar refractivity (Wildman–Crippen MR) is 83.9 cm³/mol. The lowest BCUT2D eigenvalue weighted by Gasteiger charge is -2.18. The molecule has 0 saturated carbocycles. The Morgan fingerprint density at radius 3 is 3.05 bits per heavy atom. The van der Waals surface area contributed by atoms with E-state index in [0.717, 1.165) is 55.7 Å². The molecule has 1 aromatic carbocycles. The van der Waals surface area contributed by atoms with Crippen molar-refractivity contribution in [3.8, 4) is 5.75 Å². The molecule has 112 valence electrons. The number of rotatable bonds is 8. The molecular formula is C15H23BrN2O2. The van der Waals surface area contributed by atoms with E-state index in [1.165, 1.54) is 11.1 Å². The molecule has 1 unspecified atom stereocenters. The zero-order chi connectivity index (χ0) is 14.4. The van der Waals surface area contributed by atoms with E-state index in [0.29, 0.717) is 0 Å². The van der Waals surface area contributed by atoms with Crippen LogP contribution in [-0.4, -0.2) is 25.9 Å². The molecule has 0 fully saturated rings. The van der Waals surface area contributed by atoms with Gasteiger partial charge in [-0.3, -0.25) is 11.3 Å². The van der Waals surface area contributed by atoms with Gasteiger partial charge in [0, 0.05) is 30.1 Å². The van der Waals surface area contributed by atoms with Gasteiger partial charge in [0.1, 0.15) is 5.75 Å². The molecule has 0 amide bonds. The number of hydrazine groups is 1. The molecule has 0 saturated heterocycles. The molecule has 0 spiro atoms. The van der Waals surface area contributed by atoms with Crippen molar-refractivity contribution in [1.82, 2.24) is 5.43 Å². The molecule has 0 aliphatic carbocycles. The summed E-state index contributed by atoms with van der Waals surface area (Å²) in [5.41, 5.74) is 5.39. The largest absolute Gasteiger partial charge is 0.493 e. The number of nitrogens with two attached hydrogens (primary N) is 1. The van der Waals surface area contributed by atoms with Crippen LogP contribution in [0.3, 0.4) is 0 Å². The van der Waals surface area contributed by atoms with Gasteiger partial charge in [0.15, 0.2) is 0 Å². The molecule has 1 atom stereocenters. The molecule has 1 aliphatic heterocycles. The highest BCUT2D eigenvalue weighted by molar-refractivity contribution is 9.10. The predicted octanol–water partition coefficient (Wildman–Crippen LogP) is 2.58. The van der Waals surface area contributed by atoms with Crippen molar-refractivity contribution in [1.29, 1.82) is 0 Å². The topological polar surface area (TPSA) is 56.5 Å².